The molecule has 7 heteroatoms. The topological polar surface area (TPSA) is 84.5 Å². The van der Waals surface area contributed by atoms with Crippen molar-refractivity contribution in [2.24, 2.45) is 0 Å². The molecule has 0 fully saturated rings. The number of rotatable bonds is 7. The van der Waals surface area contributed by atoms with Crippen LogP contribution in [0, 0.1) is 13.8 Å². The molecule has 0 aliphatic rings. The average Bonchev–Trinajstić information content (AvgIpc) is 2.59. The SMILES string of the molecule is COCCNS(=O)(=O)c1cccc(C(=O)Nc2cccc(C)c2C)c1. The van der Waals surface area contributed by atoms with Crippen LogP contribution in [0.1, 0.15) is 21.5 Å². The van der Waals surface area contributed by atoms with Gasteiger partial charge < -0.3 is 10.1 Å². The monoisotopic (exact) mass is 362 g/mol. The second-order valence-electron chi connectivity index (χ2n) is 5.62. The summed E-state index contributed by atoms with van der Waals surface area (Å²) < 4.78 is 31.7. The molecule has 0 radical (unpaired) electrons. The molecule has 0 aliphatic carbocycles. The van der Waals surface area contributed by atoms with Crippen LogP contribution in [-0.4, -0.2) is 34.6 Å². The summed E-state index contributed by atoms with van der Waals surface area (Å²) in [6.07, 6.45) is 0. The van der Waals surface area contributed by atoms with Crippen LogP contribution in [0.3, 0.4) is 0 Å². The van der Waals surface area contributed by atoms with Gasteiger partial charge in [-0.1, -0.05) is 18.2 Å². The zero-order valence-corrected chi connectivity index (χ0v) is 15.3. The molecule has 6 nitrogen and oxygen atoms in total. The highest BCUT2D eigenvalue weighted by molar-refractivity contribution is 7.89. The van der Waals surface area contributed by atoms with Crippen molar-refractivity contribution in [1.82, 2.24) is 4.72 Å². The Kier molecular flexibility index (Phi) is 6.30. The predicted molar refractivity (Wildman–Crippen MR) is 97.4 cm³/mol. The van der Waals surface area contributed by atoms with Crippen LogP contribution >= 0.6 is 0 Å². The third-order valence-electron chi connectivity index (χ3n) is 3.86. The zero-order chi connectivity index (χ0) is 18.4. The number of hydrogen-bond acceptors (Lipinski definition) is 4. The van der Waals surface area contributed by atoms with Gasteiger partial charge in [-0.15, -0.1) is 0 Å². The standard InChI is InChI=1S/C18H22N2O4S/c1-13-6-4-9-17(14(13)2)20-18(21)15-7-5-8-16(12-15)25(22,23)19-10-11-24-3/h4-9,12,19H,10-11H2,1-3H3,(H,20,21). The Morgan fingerprint density at radius 2 is 1.84 bits per heavy atom. The summed E-state index contributed by atoms with van der Waals surface area (Å²) >= 11 is 0. The number of benzene rings is 2. The molecule has 134 valence electrons. The maximum Gasteiger partial charge on any atom is 0.255 e. The third kappa shape index (κ3) is 4.88. The highest BCUT2D eigenvalue weighted by Gasteiger charge is 2.16. The molecule has 0 atom stereocenters. The Bertz CT molecular complexity index is 863. The van der Waals surface area contributed by atoms with E-state index < -0.39 is 10.0 Å². The van der Waals surface area contributed by atoms with Gasteiger partial charge in [0.2, 0.25) is 10.0 Å². The molecule has 0 aliphatic heterocycles. The summed E-state index contributed by atoms with van der Waals surface area (Å²) in [7, 11) is -2.19. The maximum atomic E-state index is 12.5. The van der Waals surface area contributed by atoms with E-state index in [4.69, 9.17) is 4.74 Å². The molecular formula is C18H22N2O4S. The van der Waals surface area contributed by atoms with E-state index in [0.29, 0.717) is 5.69 Å². The number of hydrogen-bond donors (Lipinski definition) is 2. The molecule has 0 bridgehead atoms. The van der Waals surface area contributed by atoms with E-state index in [-0.39, 0.29) is 29.5 Å². The van der Waals surface area contributed by atoms with E-state index in [1.807, 2.05) is 32.0 Å². The van der Waals surface area contributed by atoms with Gasteiger partial charge in [0.25, 0.3) is 5.91 Å². The maximum absolute atomic E-state index is 12.5. The van der Waals surface area contributed by atoms with Gasteiger partial charge in [0.05, 0.1) is 11.5 Å². The van der Waals surface area contributed by atoms with Gasteiger partial charge in [0.1, 0.15) is 0 Å². The van der Waals surface area contributed by atoms with Crippen LogP contribution in [0.15, 0.2) is 47.4 Å². The quantitative estimate of drug-likeness (QED) is 0.741. The fraction of sp³-hybridized carbons (Fsp3) is 0.278. The summed E-state index contributed by atoms with van der Waals surface area (Å²) in [6.45, 7) is 4.32. The van der Waals surface area contributed by atoms with Gasteiger partial charge in [-0.2, -0.15) is 0 Å². The molecule has 0 heterocycles. The van der Waals surface area contributed by atoms with E-state index in [2.05, 4.69) is 10.0 Å². The van der Waals surface area contributed by atoms with E-state index in [1.165, 1.54) is 19.2 Å². The molecule has 2 N–H and O–H groups in total. The second kappa shape index (κ2) is 8.24. The average molecular weight is 362 g/mol. The van der Waals surface area contributed by atoms with Gasteiger partial charge >= 0.3 is 0 Å². The van der Waals surface area contributed by atoms with Crippen molar-refractivity contribution in [2.45, 2.75) is 18.7 Å². The number of nitrogens with one attached hydrogen (secondary N) is 2. The van der Waals surface area contributed by atoms with E-state index in [0.717, 1.165) is 11.1 Å². The molecule has 2 aromatic carbocycles. The number of anilines is 1. The number of methoxy groups -OCH3 is 1. The van der Waals surface area contributed by atoms with Crippen molar-refractivity contribution in [3.63, 3.8) is 0 Å². The third-order valence-corrected chi connectivity index (χ3v) is 5.32. The molecule has 0 saturated carbocycles. The normalized spacial score (nSPS) is 11.3. The van der Waals surface area contributed by atoms with Crippen molar-refractivity contribution < 1.29 is 17.9 Å². The molecule has 2 rings (SSSR count). The van der Waals surface area contributed by atoms with Crippen molar-refractivity contribution in [2.75, 3.05) is 25.6 Å². The molecule has 2 aromatic rings. The Labute approximate surface area is 148 Å². The summed E-state index contributed by atoms with van der Waals surface area (Å²) in [6, 6.07) is 11.6. The zero-order valence-electron chi connectivity index (χ0n) is 14.5. The lowest BCUT2D eigenvalue weighted by atomic mass is 10.1. The molecule has 0 unspecified atom stereocenters. The Morgan fingerprint density at radius 1 is 1.12 bits per heavy atom. The first-order chi connectivity index (χ1) is 11.8. The second-order valence-corrected chi connectivity index (χ2v) is 7.39. The lowest BCUT2D eigenvalue weighted by molar-refractivity contribution is 0.102. The molecule has 1 amide bonds. The van der Waals surface area contributed by atoms with Gasteiger partial charge in [0, 0.05) is 24.9 Å². The van der Waals surface area contributed by atoms with Crippen LogP contribution in [0.2, 0.25) is 0 Å². The summed E-state index contributed by atoms with van der Waals surface area (Å²) in [4.78, 5) is 12.5. The van der Waals surface area contributed by atoms with E-state index >= 15 is 0 Å². The predicted octanol–water partition coefficient (Wildman–Crippen LogP) is 2.48. The van der Waals surface area contributed by atoms with Gasteiger partial charge in [-0.25, -0.2) is 13.1 Å². The highest BCUT2D eigenvalue weighted by atomic mass is 32.2. The van der Waals surface area contributed by atoms with E-state index in [9.17, 15) is 13.2 Å². The number of ether oxygens (including phenoxy) is 1. The van der Waals surface area contributed by atoms with Gasteiger partial charge in [-0.3, -0.25) is 4.79 Å². The Balaban J connectivity index is 2.20. The van der Waals surface area contributed by atoms with Crippen molar-refractivity contribution in [1.29, 1.82) is 0 Å². The number of carbonyl (C=O) groups is 1. The number of aryl methyl sites for hydroxylation is 1. The minimum atomic E-state index is -3.69. The molecule has 25 heavy (non-hydrogen) atoms. The first-order valence-electron chi connectivity index (χ1n) is 7.81. The van der Waals surface area contributed by atoms with Crippen molar-refractivity contribution in [3.05, 3.63) is 59.2 Å². The van der Waals surface area contributed by atoms with Crippen LogP contribution in [0.5, 0.6) is 0 Å². The minimum Gasteiger partial charge on any atom is -0.383 e. The van der Waals surface area contributed by atoms with Crippen molar-refractivity contribution in [3.8, 4) is 0 Å². The number of sulfonamides is 1. The number of amides is 1. The highest BCUT2D eigenvalue weighted by Crippen LogP contribution is 2.19. The summed E-state index contributed by atoms with van der Waals surface area (Å²) in [5.74, 6) is -0.359. The first kappa shape index (κ1) is 19.1. The lowest BCUT2D eigenvalue weighted by Crippen LogP contribution is -2.27. The van der Waals surface area contributed by atoms with E-state index in [1.54, 1.807) is 12.1 Å². The minimum absolute atomic E-state index is 0.0391. The Morgan fingerprint density at radius 3 is 2.56 bits per heavy atom. The number of carbonyl (C=O) groups excluding carboxylic acids is 1. The fourth-order valence-corrected chi connectivity index (χ4v) is 3.31. The van der Waals surface area contributed by atoms with Crippen LogP contribution in [0.4, 0.5) is 5.69 Å². The first-order valence-corrected chi connectivity index (χ1v) is 9.29. The lowest BCUT2D eigenvalue weighted by Gasteiger charge is -2.11. The molecule has 0 aromatic heterocycles. The molecule has 0 saturated heterocycles. The Hall–Kier alpha value is -2.22. The van der Waals surface area contributed by atoms with Crippen molar-refractivity contribution >= 4 is 21.6 Å². The summed E-state index contributed by atoms with van der Waals surface area (Å²) in [5, 5.41) is 2.82. The van der Waals surface area contributed by atoms with Gasteiger partial charge in [-0.05, 0) is 49.2 Å². The smallest absolute Gasteiger partial charge is 0.255 e. The fourth-order valence-electron chi connectivity index (χ4n) is 2.25. The molecular weight excluding hydrogens is 340 g/mol. The van der Waals surface area contributed by atoms with Crippen LogP contribution in [0.25, 0.3) is 0 Å². The largest absolute Gasteiger partial charge is 0.383 e. The van der Waals surface area contributed by atoms with Gasteiger partial charge in [0.15, 0.2) is 0 Å². The van der Waals surface area contributed by atoms with Crippen LogP contribution in [-0.2, 0) is 14.8 Å². The van der Waals surface area contributed by atoms with Crippen LogP contribution < -0.4 is 10.0 Å². The summed E-state index contributed by atoms with van der Waals surface area (Å²) in [5.41, 5.74) is 3.02. The molecule has 0 spiro atoms.